The number of fused-ring (bicyclic) bond motifs is 1. The van der Waals surface area contributed by atoms with Crippen molar-refractivity contribution in [1.29, 1.82) is 0 Å². The lowest BCUT2D eigenvalue weighted by atomic mass is 9.69. The van der Waals surface area contributed by atoms with E-state index < -0.39 is 11.6 Å². The van der Waals surface area contributed by atoms with Gasteiger partial charge in [-0.15, -0.1) is 0 Å². The van der Waals surface area contributed by atoms with Gasteiger partial charge in [0.1, 0.15) is 17.5 Å². The largest absolute Gasteiger partial charge is 0.395 e. The van der Waals surface area contributed by atoms with E-state index in [1.54, 1.807) is 17.0 Å². The highest BCUT2D eigenvalue weighted by Gasteiger charge is 2.43. The number of carbonyl (C=O) groups excluding carboxylic acids is 1. The number of hydrogen-bond donors (Lipinski definition) is 2. The van der Waals surface area contributed by atoms with Crippen molar-refractivity contribution in [1.82, 2.24) is 9.88 Å². The van der Waals surface area contributed by atoms with Gasteiger partial charge >= 0.3 is 0 Å². The molecule has 0 saturated heterocycles. The first-order valence-electron chi connectivity index (χ1n) is 10.6. The van der Waals surface area contributed by atoms with Gasteiger partial charge in [0, 0.05) is 30.0 Å². The van der Waals surface area contributed by atoms with E-state index in [0.29, 0.717) is 36.0 Å². The second-order valence-corrected chi connectivity index (χ2v) is 8.58. The summed E-state index contributed by atoms with van der Waals surface area (Å²) in [5.74, 6) is -1.88. The number of halogens is 3. The van der Waals surface area contributed by atoms with Crippen LogP contribution in [0.25, 0.3) is 22.2 Å². The summed E-state index contributed by atoms with van der Waals surface area (Å²) in [6, 6.07) is 8.25. The first-order valence-corrected chi connectivity index (χ1v) is 10.6. The van der Waals surface area contributed by atoms with Gasteiger partial charge in [0.25, 0.3) is 0 Å². The lowest BCUT2D eigenvalue weighted by Gasteiger charge is -2.38. The molecule has 0 bridgehead atoms. The minimum atomic E-state index is -0.681. The highest BCUT2D eigenvalue weighted by Crippen LogP contribution is 2.49. The maximum absolute atomic E-state index is 14.5. The number of nitrogens with one attached hydrogen (secondary N) is 1. The molecule has 0 atom stereocenters. The molecule has 0 unspecified atom stereocenters. The third-order valence-electron chi connectivity index (χ3n) is 6.50. The van der Waals surface area contributed by atoms with Gasteiger partial charge in [-0.2, -0.15) is 0 Å². The Bertz CT molecular complexity index is 1130. The number of carbonyl (C=O) groups is 1. The van der Waals surface area contributed by atoms with Crippen LogP contribution in [-0.2, 0) is 4.79 Å². The van der Waals surface area contributed by atoms with Crippen molar-refractivity contribution in [3.63, 3.8) is 0 Å². The third-order valence-corrected chi connectivity index (χ3v) is 6.50. The van der Waals surface area contributed by atoms with Crippen LogP contribution in [0.5, 0.6) is 0 Å². The molecule has 2 saturated carbocycles. The number of hydrogen-bond acceptors (Lipinski definition) is 2. The average molecular weight is 428 g/mol. The van der Waals surface area contributed by atoms with Crippen molar-refractivity contribution in [3.05, 3.63) is 59.4 Å². The van der Waals surface area contributed by atoms with E-state index in [-0.39, 0.29) is 41.7 Å². The summed E-state index contributed by atoms with van der Waals surface area (Å²) in [6.07, 6.45) is 3.09. The Morgan fingerprint density at radius 1 is 1.06 bits per heavy atom. The standard InChI is InChI=1S/C24H23F3N2O2/c25-16-3-1-13(2-4-16)22-21(19-11-17(26)12-20(27)23(19)28-22)14-9-15(10-14)24(31)29(7-8-30)18-5-6-18/h1-4,11-12,14-15,18,28,30H,5-10H2/t14-,15-. The van der Waals surface area contributed by atoms with Gasteiger partial charge in [-0.25, -0.2) is 13.2 Å². The molecular formula is C24H23F3N2O2. The zero-order valence-corrected chi connectivity index (χ0v) is 16.9. The first-order chi connectivity index (χ1) is 15.0. The topological polar surface area (TPSA) is 56.3 Å². The van der Waals surface area contributed by atoms with E-state index in [1.165, 1.54) is 18.2 Å². The minimum Gasteiger partial charge on any atom is -0.395 e. The Hall–Kier alpha value is -2.80. The molecule has 31 heavy (non-hydrogen) atoms. The molecule has 2 aromatic carbocycles. The van der Waals surface area contributed by atoms with Crippen LogP contribution in [0.1, 0.15) is 37.2 Å². The number of aromatic amines is 1. The van der Waals surface area contributed by atoms with E-state index in [2.05, 4.69) is 4.98 Å². The van der Waals surface area contributed by atoms with Gasteiger partial charge in [-0.1, -0.05) is 0 Å². The molecule has 1 amide bonds. The fourth-order valence-electron chi connectivity index (χ4n) is 4.76. The van der Waals surface area contributed by atoms with Crippen LogP contribution in [-0.4, -0.2) is 40.1 Å². The fraction of sp³-hybridized carbons (Fsp3) is 0.375. The Labute approximate surface area is 177 Å². The van der Waals surface area contributed by atoms with E-state index in [9.17, 15) is 23.1 Å². The summed E-state index contributed by atoms with van der Waals surface area (Å²) < 4.78 is 41.9. The number of amides is 1. The number of benzene rings is 2. The summed E-state index contributed by atoms with van der Waals surface area (Å²) in [5, 5.41) is 9.75. The Kier molecular flexibility index (Phi) is 5.01. The van der Waals surface area contributed by atoms with Crippen molar-refractivity contribution in [2.24, 2.45) is 5.92 Å². The molecule has 162 valence electrons. The molecule has 0 aliphatic heterocycles. The number of aliphatic hydroxyl groups is 1. The SMILES string of the molecule is O=C([C@H]1C[C@H](c2c(-c3ccc(F)cc3)[nH]c3c(F)cc(F)cc32)C1)N(CCO)C1CC1. The van der Waals surface area contributed by atoms with Gasteiger partial charge in [0.2, 0.25) is 5.91 Å². The van der Waals surface area contributed by atoms with Crippen molar-refractivity contribution in [2.75, 3.05) is 13.2 Å². The average Bonchev–Trinajstić information content (AvgIpc) is 3.47. The molecule has 1 aromatic heterocycles. The summed E-state index contributed by atoms with van der Waals surface area (Å²) in [4.78, 5) is 17.8. The summed E-state index contributed by atoms with van der Waals surface area (Å²) >= 11 is 0. The highest BCUT2D eigenvalue weighted by molar-refractivity contribution is 5.92. The van der Waals surface area contributed by atoms with Crippen molar-refractivity contribution in [2.45, 2.75) is 37.6 Å². The van der Waals surface area contributed by atoms with Gasteiger partial charge in [0.05, 0.1) is 17.8 Å². The molecular weight excluding hydrogens is 405 g/mol. The van der Waals surface area contributed by atoms with E-state index >= 15 is 0 Å². The number of rotatable bonds is 6. The maximum Gasteiger partial charge on any atom is 0.226 e. The number of H-pyrrole nitrogens is 1. The minimum absolute atomic E-state index is 0.0425. The van der Waals surface area contributed by atoms with Crippen LogP contribution in [0.2, 0.25) is 0 Å². The monoisotopic (exact) mass is 428 g/mol. The van der Waals surface area contributed by atoms with Crippen LogP contribution in [0, 0.1) is 23.4 Å². The van der Waals surface area contributed by atoms with Crippen LogP contribution in [0.4, 0.5) is 13.2 Å². The molecule has 4 nitrogen and oxygen atoms in total. The molecule has 1 heterocycles. The summed E-state index contributed by atoms with van der Waals surface area (Å²) in [6.45, 7) is 0.281. The molecule has 2 fully saturated rings. The van der Waals surface area contributed by atoms with Crippen LogP contribution in [0.15, 0.2) is 36.4 Å². The maximum atomic E-state index is 14.5. The second-order valence-electron chi connectivity index (χ2n) is 8.58. The third kappa shape index (κ3) is 3.61. The van der Waals surface area contributed by atoms with Crippen molar-refractivity contribution in [3.8, 4) is 11.3 Å². The zero-order chi connectivity index (χ0) is 21.7. The van der Waals surface area contributed by atoms with Gasteiger partial charge in [-0.3, -0.25) is 4.79 Å². The lowest BCUT2D eigenvalue weighted by molar-refractivity contribution is -0.139. The summed E-state index contributed by atoms with van der Waals surface area (Å²) in [7, 11) is 0. The van der Waals surface area contributed by atoms with Gasteiger partial charge < -0.3 is 15.0 Å². The van der Waals surface area contributed by atoms with Crippen LogP contribution < -0.4 is 0 Å². The smallest absolute Gasteiger partial charge is 0.226 e. The van der Waals surface area contributed by atoms with E-state index in [4.69, 9.17) is 0 Å². The first kappa shape index (κ1) is 20.1. The van der Waals surface area contributed by atoms with Crippen molar-refractivity contribution < 1.29 is 23.1 Å². The lowest BCUT2D eigenvalue weighted by Crippen LogP contribution is -2.43. The van der Waals surface area contributed by atoms with Crippen LogP contribution in [0.3, 0.4) is 0 Å². The number of aromatic nitrogens is 1. The number of aliphatic hydroxyl groups excluding tert-OH is 1. The predicted molar refractivity (Wildman–Crippen MR) is 111 cm³/mol. The molecule has 2 N–H and O–H groups in total. The van der Waals surface area contributed by atoms with E-state index in [0.717, 1.165) is 24.5 Å². The fourth-order valence-corrected chi connectivity index (χ4v) is 4.76. The molecule has 2 aliphatic carbocycles. The zero-order valence-electron chi connectivity index (χ0n) is 16.9. The molecule has 0 spiro atoms. The molecule has 2 aliphatic rings. The van der Waals surface area contributed by atoms with Gasteiger partial charge in [-0.05, 0) is 73.1 Å². The molecule has 0 radical (unpaired) electrons. The molecule has 7 heteroatoms. The molecule has 3 aromatic rings. The highest BCUT2D eigenvalue weighted by atomic mass is 19.1. The number of nitrogens with zero attached hydrogens (tertiary/aromatic N) is 1. The van der Waals surface area contributed by atoms with Crippen LogP contribution >= 0.6 is 0 Å². The normalized spacial score (nSPS) is 20.6. The van der Waals surface area contributed by atoms with Gasteiger partial charge in [0.15, 0.2) is 0 Å². The van der Waals surface area contributed by atoms with Crippen molar-refractivity contribution >= 4 is 16.8 Å². The Morgan fingerprint density at radius 2 is 1.77 bits per heavy atom. The predicted octanol–water partition coefficient (Wildman–Crippen LogP) is 4.73. The summed E-state index contributed by atoms with van der Waals surface area (Å²) in [5.41, 5.74) is 2.29. The Morgan fingerprint density at radius 3 is 2.42 bits per heavy atom. The second kappa shape index (κ2) is 7.71. The Balaban J connectivity index is 1.48. The quantitative estimate of drug-likeness (QED) is 0.597. The van der Waals surface area contributed by atoms with E-state index in [1.807, 2.05) is 0 Å². The molecule has 5 rings (SSSR count).